The molecule has 6 heteroatoms. The van der Waals surface area contributed by atoms with Gasteiger partial charge in [-0.2, -0.15) is 0 Å². The van der Waals surface area contributed by atoms with Crippen molar-refractivity contribution >= 4 is 6.16 Å². The number of carbonyl (C=O) groups excluding carboxylic acids is 1. The highest BCUT2D eigenvalue weighted by Crippen LogP contribution is 2.35. The topological polar surface area (TPSA) is 74.2 Å². The molecule has 0 spiro atoms. The Balaban J connectivity index is 0.000000416. The Morgan fingerprint density at radius 1 is 0.718 bits per heavy atom. The lowest BCUT2D eigenvalue weighted by Gasteiger charge is -2.23. The number of benzene rings is 2. The van der Waals surface area contributed by atoms with E-state index >= 15 is 0 Å². The Labute approximate surface area is 237 Å². The summed E-state index contributed by atoms with van der Waals surface area (Å²) < 4.78 is 22.1. The molecule has 0 fully saturated rings. The van der Waals surface area contributed by atoms with Crippen molar-refractivity contribution in [3.8, 4) is 23.0 Å². The van der Waals surface area contributed by atoms with Crippen LogP contribution in [0.3, 0.4) is 0 Å². The fourth-order valence-corrected chi connectivity index (χ4v) is 3.58. The second kappa shape index (κ2) is 15.0. The highest BCUT2D eigenvalue weighted by Gasteiger charge is 2.22. The lowest BCUT2D eigenvalue weighted by Crippen LogP contribution is -2.26. The van der Waals surface area contributed by atoms with Gasteiger partial charge in [0.25, 0.3) is 0 Å². The van der Waals surface area contributed by atoms with E-state index in [4.69, 9.17) is 18.9 Å². The van der Waals surface area contributed by atoms with Gasteiger partial charge in [0.2, 0.25) is 0 Å². The number of hydrogen-bond donors (Lipinski definition) is 1. The molecule has 0 heterocycles. The maximum atomic E-state index is 11.8. The average molecular weight is 545 g/mol. The lowest BCUT2D eigenvalue weighted by atomic mass is 9.86. The van der Waals surface area contributed by atoms with E-state index in [1.807, 2.05) is 12.1 Å². The molecule has 0 aliphatic heterocycles. The average Bonchev–Trinajstić information content (AvgIpc) is 2.77. The Hall–Kier alpha value is -2.89. The van der Waals surface area contributed by atoms with Gasteiger partial charge in [0.15, 0.2) is 0 Å². The Morgan fingerprint density at radius 2 is 1.18 bits per heavy atom. The van der Waals surface area contributed by atoms with Crippen LogP contribution >= 0.6 is 0 Å². The van der Waals surface area contributed by atoms with Crippen molar-refractivity contribution in [2.24, 2.45) is 0 Å². The second-order valence-electron chi connectivity index (χ2n) is 12.8. The Kier molecular flexibility index (Phi) is 13.2. The van der Waals surface area contributed by atoms with E-state index in [9.17, 15) is 9.90 Å². The maximum absolute atomic E-state index is 11.8. The zero-order valence-electron chi connectivity index (χ0n) is 26.2. The number of aromatic hydroxyl groups is 1. The number of rotatable bonds is 9. The Bertz CT molecular complexity index is 1020. The number of phenols is 1. The molecule has 2 rings (SSSR count). The molecular weight excluding hydrogens is 492 g/mol. The fraction of sp³-hybridized carbons (Fsp3) is 0.606. The summed E-state index contributed by atoms with van der Waals surface area (Å²) in [6.07, 6.45) is 3.50. The molecular formula is C33H52O6. The van der Waals surface area contributed by atoms with E-state index in [0.717, 1.165) is 48.3 Å². The van der Waals surface area contributed by atoms with Crippen LogP contribution in [0.1, 0.15) is 113 Å². The minimum absolute atomic E-state index is 0.0370. The van der Waals surface area contributed by atoms with E-state index in [1.165, 1.54) is 0 Å². The Morgan fingerprint density at radius 3 is 1.62 bits per heavy atom. The van der Waals surface area contributed by atoms with Crippen LogP contribution < -0.4 is 14.2 Å². The summed E-state index contributed by atoms with van der Waals surface area (Å²) in [5.74, 6) is 2.26. The minimum atomic E-state index is -0.708. The largest absolute Gasteiger partial charge is 0.514 e. The van der Waals surface area contributed by atoms with Gasteiger partial charge < -0.3 is 24.1 Å². The number of carbonyl (C=O) groups is 1. The first kappa shape index (κ1) is 34.1. The zero-order valence-corrected chi connectivity index (χ0v) is 26.2. The molecule has 0 aliphatic carbocycles. The maximum Gasteiger partial charge on any atom is 0.514 e. The summed E-state index contributed by atoms with van der Waals surface area (Å²) in [6.45, 7) is 23.8. The molecule has 0 unspecified atom stereocenters. The fourth-order valence-electron chi connectivity index (χ4n) is 3.58. The summed E-state index contributed by atoms with van der Waals surface area (Å²) in [7, 11) is 0. The van der Waals surface area contributed by atoms with Crippen molar-refractivity contribution in [3.05, 3.63) is 47.5 Å². The van der Waals surface area contributed by atoms with Crippen molar-refractivity contribution in [3.63, 3.8) is 0 Å². The van der Waals surface area contributed by atoms with Crippen LogP contribution in [0.5, 0.6) is 23.0 Å². The predicted octanol–water partition coefficient (Wildman–Crippen LogP) is 9.35. The molecule has 0 saturated carbocycles. The molecule has 0 amide bonds. The van der Waals surface area contributed by atoms with Gasteiger partial charge in [0.1, 0.15) is 28.6 Å². The molecule has 0 saturated heterocycles. The summed E-state index contributed by atoms with van der Waals surface area (Å²) in [4.78, 5) is 11.8. The summed E-state index contributed by atoms with van der Waals surface area (Å²) in [6, 6.07) is 10.8. The van der Waals surface area contributed by atoms with Gasteiger partial charge >= 0.3 is 6.16 Å². The quantitative estimate of drug-likeness (QED) is 0.193. The first-order valence-corrected chi connectivity index (χ1v) is 14.1. The molecule has 0 aromatic heterocycles. The van der Waals surface area contributed by atoms with E-state index in [1.54, 1.807) is 45.0 Å². The van der Waals surface area contributed by atoms with Gasteiger partial charge in [-0.15, -0.1) is 0 Å². The predicted molar refractivity (Wildman–Crippen MR) is 160 cm³/mol. The van der Waals surface area contributed by atoms with Gasteiger partial charge in [0.05, 0.1) is 13.2 Å². The SMILES string of the molecule is CCCCOc1cc(O)ccc1C(C)(C)C.CCCCOc1cc(OC(=O)OC(C)(C)C)ccc1C(C)(C)C. The van der Waals surface area contributed by atoms with Crippen molar-refractivity contribution in [2.75, 3.05) is 13.2 Å². The van der Waals surface area contributed by atoms with Crippen LogP contribution in [0.15, 0.2) is 36.4 Å². The monoisotopic (exact) mass is 544 g/mol. The van der Waals surface area contributed by atoms with Crippen LogP contribution in [0.25, 0.3) is 0 Å². The highest BCUT2D eigenvalue weighted by molar-refractivity contribution is 5.65. The van der Waals surface area contributed by atoms with Gasteiger partial charge in [-0.1, -0.05) is 80.4 Å². The summed E-state index contributed by atoms with van der Waals surface area (Å²) in [5.41, 5.74) is 1.64. The number of ether oxygens (including phenoxy) is 4. The van der Waals surface area contributed by atoms with Crippen LogP contribution in [0, 0.1) is 0 Å². The molecule has 2 aromatic rings. The molecule has 0 radical (unpaired) electrons. The molecule has 1 N–H and O–H groups in total. The highest BCUT2D eigenvalue weighted by atomic mass is 16.7. The standard InChI is InChI=1S/C19H30O4.C14H22O2/c1-8-9-12-21-16-13-14(10-11-15(16)18(2,3)4)22-17(20)23-19(5,6)7;1-5-6-9-16-13-10-11(15)7-8-12(13)14(2,3)4/h10-11,13H,8-9,12H2,1-7H3;7-8,10,15H,5-6,9H2,1-4H3. The van der Waals surface area contributed by atoms with E-state index in [0.29, 0.717) is 19.0 Å². The lowest BCUT2D eigenvalue weighted by molar-refractivity contribution is 0.0206. The minimum Gasteiger partial charge on any atom is -0.508 e. The van der Waals surface area contributed by atoms with Crippen LogP contribution in [-0.4, -0.2) is 30.1 Å². The third-order valence-electron chi connectivity index (χ3n) is 5.64. The molecule has 6 nitrogen and oxygen atoms in total. The second-order valence-corrected chi connectivity index (χ2v) is 12.8. The van der Waals surface area contributed by atoms with Crippen molar-refractivity contribution in [2.45, 2.75) is 118 Å². The van der Waals surface area contributed by atoms with Crippen LogP contribution in [0.4, 0.5) is 4.79 Å². The summed E-state index contributed by atoms with van der Waals surface area (Å²) in [5, 5.41) is 9.48. The van der Waals surface area contributed by atoms with Gasteiger partial charge in [-0.25, -0.2) is 4.79 Å². The third-order valence-corrected chi connectivity index (χ3v) is 5.64. The molecule has 0 atom stereocenters. The van der Waals surface area contributed by atoms with E-state index < -0.39 is 11.8 Å². The van der Waals surface area contributed by atoms with Crippen LogP contribution in [0.2, 0.25) is 0 Å². The molecule has 220 valence electrons. The molecule has 0 bridgehead atoms. The van der Waals surface area contributed by atoms with E-state index in [-0.39, 0.29) is 16.6 Å². The zero-order chi connectivity index (χ0) is 29.9. The van der Waals surface area contributed by atoms with E-state index in [2.05, 4.69) is 55.4 Å². The first-order valence-electron chi connectivity index (χ1n) is 14.1. The van der Waals surface area contributed by atoms with Crippen LogP contribution in [-0.2, 0) is 15.6 Å². The smallest absolute Gasteiger partial charge is 0.508 e. The normalized spacial score (nSPS) is 11.8. The van der Waals surface area contributed by atoms with Crippen molar-refractivity contribution < 1.29 is 28.8 Å². The summed E-state index contributed by atoms with van der Waals surface area (Å²) >= 11 is 0. The third kappa shape index (κ3) is 13.1. The van der Waals surface area contributed by atoms with Gasteiger partial charge in [0, 0.05) is 12.1 Å². The molecule has 39 heavy (non-hydrogen) atoms. The van der Waals surface area contributed by atoms with Gasteiger partial charge in [-0.3, -0.25) is 0 Å². The number of phenolic OH excluding ortho intramolecular Hbond substituents is 1. The van der Waals surface area contributed by atoms with Crippen molar-refractivity contribution in [1.29, 1.82) is 0 Å². The number of unbranched alkanes of at least 4 members (excludes halogenated alkanes) is 2. The first-order chi connectivity index (χ1) is 18.0. The van der Waals surface area contributed by atoms with Gasteiger partial charge in [-0.05, 0) is 67.7 Å². The van der Waals surface area contributed by atoms with Crippen molar-refractivity contribution in [1.82, 2.24) is 0 Å². The number of hydrogen-bond acceptors (Lipinski definition) is 6. The molecule has 0 aliphatic rings. The molecule has 2 aromatic carbocycles.